The van der Waals surface area contributed by atoms with Crippen LogP contribution in [0.3, 0.4) is 0 Å². The molecular weight excluding hydrogens is 1700 g/mol. The maximum Gasteiger partial charge on any atom is 0.293 e. The maximum atomic E-state index is 15.6. The topological polar surface area (TPSA) is 453 Å². The largest absolute Gasteiger partial charge is 0.508 e. The third kappa shape index (κ3) is 31.9. The number of H-pyrrole nitrogens is 1. The van der Waals surface area contributed by atoms with Crippen LogP contribution in [-0.4, -0.2) is 255 Å². The number of benzene rings is 6. The summed E-state index contributed by atoms with van der Waals surface area (Å²) >= 11 is 0.884. The third-order valence-electron chi connectivity index (χ3n) is 23.2. The van der Waals surface area contributed by atoms with Crippen molar-refractivity contribution in [2.24, 2.45) is 29.4 Å². The molecule has 0 spiro atoms. The van der Waals surface area contributed by atoms with Gasteiger partial charge in [0, 0.05) is 128 Å². The van der Waals surface area contributed by atoms with Gasteiger partial charge in [0.2, 0.25) is 70.9 Å². The number of hydrogen-bond acceptors (Lipinski definition) is 20. The molecule has 7 aromatic rings. The molecule has 1 saturated heterocycles. The Labute approximate surface area is 769 Å². The summed E-state index contributed by atoms with van der Waals surface area (Å²) in [6.45, 7) is 8.75. The van der Waals surface area contributed by atoms with Crippen molar-refractivity contribution >= 4 is 117 Å². The minimum Gasteiger partial charge on any atom is -0.508 e. The summed E-state index contributed by atoms with van der Waals surface area (Å²) in [6, 6.07) is 30.3. The molecule has 8 rings (SSSR count). The van der Waals surface area contributed by atoms with Crippen LogP contribution >= 0.6 is 11.8 Å². The number of carbonyl (C=O) groups excluding carboxylic acids is 16. The molecule has 11 atom stereocenters. The number of primary amides is 1. The van der Waals surface area contributed by atoms with Crippen molar-refractivity contribution in [3.63, 3.8) is 0 Å². The van der Waals surface area contributed by atoms with E-state index in [1.165, 1.54) is 93.6 Å². The SMILES string of the molecule is C.CCCC[C@H]1C(=O)N(C)CC(=O)C[C@@H](COC=O)C(=O)C[C@@H](C(C)C)C(=O)N(C)[C@@H](Cc2ccccc2)C(=O)N[C@@H](Cc2ccc(O)cc2)C(=O)N(C)CC(=O)N[C@@H](Cc2c[nH]c3ccccc23)C(=O)N[C@@H](Cc2ccc(O)cc2)C(=O)N[C@@H](CC(C)C)C(=O)N[C@H](C(=O)CCC(N)=O)CSCC(=O)N[C@@H](Cc2ccc(C)cc2)C(=O)N(C)[C@@H](Cc2ccccc2)C(=O)N1C. The lowest BCUT2D eigenvalue weighted by atomic mass is 9.84. The van der Waals surface area contributed by atoms with Gasteiger partial charge in [-0.1, -0.05) is 188 Å². The zero-order valence-electron chi connectivity index (χ0n) is 75.7. The summed E-state index contributed by atoms with van der Waals surface area (Å²) in [6.07, 6.45) is -0.511. The Morgan fingerprint density at radius 2 is 1.00 bits per heavy atom. The zero-order chi connectivity index (χ0) is 95.0. The highest BCUT2D eigenvalue weighted by molar-refractivity contribution is 8.00. The van der Waals surface area contributed by atoms with E-state index in [1.807, 2.05) is 26.0 Å². The van der Waals surface area contributed by atoms with Crippen LogP contribution in [0, 0.1) is 30.6 Å². The van der Waals surface area contributed by atoms with Crippen molar-refractivity contribution in [3.8, 4) is 11.5 Å². The smallest absolute Gasteiger partial charge is 0.293 e. The van der Waals surface area contributed by atoms with Crippen LogP contribution in [0.1, 0.15) is 132 Å². The molecule has 0 aliphatic carbocycles. The van der Waals surface area contributed by atoms with Gasteiger partial charge in [-0.3, -0.25) is 76.7 Å². The number of rotatable bonds is 25. The van der Waals surface area contributed by atoms with Crippen LogP contribution in [0.5, 0.6) is 11.5 Å². The number of carbonyl (C=O) groups is 16. The van der Waals surface area contributed by atoms with Crippen LogP contribution in [0.25, 0.3) is 10.9 Å². The molecule has 1 aromatic heterocycles. The van der Waals surface area contributed by atoms with Crippen LogP contribution in [0.2, 0.25) is 0 Å². The molecule has 0 radical (unpaired) electrons. The molecule has 0 bridgehead atoms. The van der Waals surface area contributed by atoms with Gasteiger partial charge in [-0.25, -0.2) is 0 Å². The van der Waals surface area contributed by atoms with Gasteiger partial charge in [0.05, 0.1) is 30.8 Å². The molecule has 131 heavy (non-hydrogen) atoms. The van der Waals surface area contributed by atoms with E-state index in [9.17, 15) is 43.8 Å². The standard InChI is InChI=1S/C97H123N13O19S.CH4/c1-12-13-28-81-96(127)106(7)53-71(114)49-68(55-129-58-111)85(116)51-73(60(4)5)93(124)109(10)82(47-62-22-16-14-17-23-62)92(123)104-78(45-66-35-39-70(113)40-36-66)94(125)107(8)54-87(118)100-77(50-67-52-99-74-27-21-20-26-72(67)74)91(122)103-76(44-65-33-37-69(112)38-34-65)90(121)102-75(43-59(2)3)89(120)105-80(84(115)41-42-86(98)117)56-130-57-88(119)101-79(46-64-31-29-61(6)30-32-64)95(126)110(11)83(97(128)108(81)9)48-63-24-18-15-19-25-63;/h14-27,29-40,52,58-60,68,73,75-83,99,112-113H,12-13,28,41-51,53-57H2,1-11H3,(H2,98,117)(H,100,118)(H,101,119)(H,102,121)(H,103,122)(H,104,123)(H,105,120);1H4/t68-,73-,75-,76-,77-,78-,79-,80-,81-,82-,83-;/m0./s1. The van der Waals surface area contributed by atoms with Gasteiger partial charge >= 0.3 is 0 Å². The van der Waals surface area contributed by atoms with E-state index in [4.69, 9.17) is 10.5 Å². The van der Waals surface area contributed by atoms with E-state index in [1.54, 1.807) is 131 Å². The van der Waals surface area contributed by atoms with Crippen molar-refractivity contribution in [3.05, 3.63) is 203 Å². The summed E-state index contributed by atoms with van der Waals surface area (Å²) in [5, 5.41) is 38.3. The van der Waals surface area contributed by atoms with E-state index >= 15 is 43.2 Å². The zero-order valence-corrected chi connectivity index (χ0v) is 76.5. The van der Waals surface area contributed by atoms with E-state index < -0.39 is 211 Å². The Morgan fingerprint density at radius 1 is 0.511 bits per heavy atom. The normalized spacial score (nSPS) is 21.8. The average Bonchev–Trinajstić information content (AvgIpc) is 1.63. The number of aryl methyl sites for hydroxylation is 1. The Morgan fingerprint density at radius 3 is 1.56 bits per heavy atom. The Bertz CT molecular complexity index is 5070. The highest BCUT2D eigenvalue weighted by Crippen LogP contribution is 2.28. The number of amides is 12. The van der Waals surface area contributed by atoms with E-state index in [-0.39, 0.29) is 88.4 Å². The fourth-order valence-electron chi connectivity index (χ4n) is 15.7. The Balaban J connectivity index is 0.0000235. The number of likely N-dealkylation sites (N-methyl/N-ethyl adjacent to an activating group) is 5. The highest BCUT2D eigenvalue weighted by atomic mass is 32.2. The van der Waals surface area contributed by atoms with Crippen molar-refractivity contribution in [2.45, 2.75) is 193 Å². The first kappa shape index (κ1) is 105. The van der Waals surface area contributed by atoms with Crippen LogP contribution in [-0.2, 0) is 120 Å². The molecule has 1 aliphatic rings. The number of nitrogens with zero attached hydrogens (tertiary/aromatic N) is 5. The lowest BCUT2D eigenvalue weighted by molar-refractivity contribution is -0.151. The van der Waals surface area contributed by atoms with Crippen molar-refractivity contribution in [1.29, 1.82) is 0 Å². The molecule has 0 unspecified atom stereocenters. The Kier molecular flexibility index (Phi) is 41.2. The van der Waals surface area contributed by atoms with Gasteiger partial charge in [-0.15, -0.1) is 11.8 Å². The number of nitrogens with two attached hydrogens (primary N) is 1. The summed E-state index contributed by atoms with van der Waals surface area (Å²) in [7, 11) is 6.82. The van der Waals surface area contributed by atoms with Crippen molar-refractivity contribution in [2.75, 3.05) is 66.4 Å². The number of phenols is 2. The summed E-state index contributed by atoms with van der Waals surface area (Å²) < 4.78 is 5.16. The van der Waals surface area contributed by atoms with Crippen LogP contribution in [0.15, 0.2) is 164 Å². The fourth-order valence-corrected chi connectivity index (χ4v) is 16.6. The first-order valence-electron chi connectivity index (χ1n) is 43.7. The molecule has 0 saturated carbocycles. The number of para-hydroxylation sites is 1. The highest BCUT2D eigenvalue weighted by Gasteiger charge is 2.42. The van der Waals surface area contributed by atoms with Gasteiger partial charge in [-0.05, 0) is 95.3 Å². The lowest BCUT2D eigenvalue weighted by Gasteiger charge is -2.37. The molecule has 2 heterocycles. The molecule has 12 amide bonds. The second kappa shape index (κ2) is 51.4. The molecule has 32 nitrogen and oxygen atoms in total. The molecule has 33 heteroatoms. The van der Waals surface area contributed by atoms with Crippen LogP contribution < -0.4 is 37.6 Å². The van der Waals surface area contributed by atoms with Crippen molar-refractivity contribution < 1.29 is 91.7 Å². The molecular formula is C98H127N13O19S. The number of nitrogens with one attached hydrogen (secondary N) is 7. The molecule has 1 aliphatic heterocycles. The van der Waals surface area contributed by atoms with Crippen LogP contribution in [0.4, 0.5) is 0 Å². The lowest BCUT2D eigenvalue weighted by Crippen LogP contribution is -2.59. The van der Waals surface area contributed by atoms with E-state index in [0.29, 0.717) is 57.1 Å². The minimum absolute atomic E-state index is 0. The summed E-state index contributed by atoms with van der Waals surface area (Å²) in [5.74, 6) is -16.3. The third-order valence-corrected chi connectivity index (χ3v) is 24.2. The molecule has 704 valence electrons. The molecule has 1 fully saturated rings. The van der Waals surface area contributed by atoms with E-state index in [0.717, 1.165) is 32.0 Å². The number of ketones is 3. The first-order valence-corrected chi connectivity index (χ1v) is 44.9. The second-order valence-electron chi connectivity index (χ2n) is 34.3. The van der Waals surface area contributed by atoms with Gasteiger partial charge in [0.25, 0.3) is 6.47 Å². The average molecular weight is 1820 g/mol. The maximum absolute atomic E-state index is 15.6. The van der Waals surface area contributed by atoms with Gasteiger partial charge in [-0.2, -0.15) is 0 Å². The van der Waals surface area contributed by atoms with Gasteiger partial charge in [0.1, 0.15) is 72.2 Å². The summed E-state index contributed by atoms with van der Waals surface area (Å²) in [5.41, 5.74) is 10.3. The fraction of sp³-hybridized carbons (Fsp3) is 0.449. The number of unbranched alkanes of at least 4 members (excludes halogenated alkanes) is 1. The molecule has 11 N–H and O–H groups in total. The number of aromatic nitrogens is 1. The van der Waals surface area contributed by atoms with E-state index in [2.05, 4.69) is 36.9 Å². The number of phenolic OH excluding ortho intramolecular Hbond substituents is 2. The minimum atomic E-state index is -1.58. The number of hydrogen-bond donors (Lipinski definition) is 10. The van der Waals surface area contributed by atoms with Gasteiger partial charge in [0.15, 0.2) is 11.6 Å². The number of aromatic amines is 1. The Hall–Kier alpha value is -13.1. The monoisotopic (exact) mass is 1820 g/mol. The number of aromatic hydroxyl groups is 2. The quantitative estimate of drug-likeness (QED) is 0.0277. The first-order chi connectivity index (χ1) is 61.9. The van der Waals surface area contributed by atoms with Crippen molar-refractivity contribution in [1.82, 2.24) is 61.4 Å². The summed E-state index contributed by atoms with van der Waals surface area (Å²) in [4.78, 5) is 244. The number of Topliss-reactive ketones (excluding diaryl/α,β-unsaturated/α-hetero) is 3. The predicted octanol–water partition coefficient (Wildman–Crippen LogP) is 6.38. The molecule has 6 aromatic carbocycles. The number of thioether (sulfide) groups is 1. The number of fused-ring (bicyclic) bond motifs is 1. The van der Waals surface area contributed by atoms with Gasteiger partial charge < -0.3 is 82.1 Å². The number of ether oxygens (including phenoxy) is 1. The predicted molar refractivity (Wildman–Crippen MR) is 497 cm³/mol. The second-order valence-corrected chi connectivity index (χ2v) is 35.3.